The van der Waals surface area contributed by atoms with Crippen molar-refractivity contribution in [2.24, 2.45) is 0 Å². The van der Waals surface area contributed by atoms with E-state index in [2.05, 4.69) is 41.2 Å². The van der Waals surface area contributed by atoms with Crippen LogP contribution in [0.3, 0.4) is 0 Å². The maximum Gasteiger partial charge on any atom is 0.272 e. The maximum absolute atomic E-state index is 12.7. The summed E-state index contributed by atoms with van der Waals surface area (Å²) in [5.41, 5.74) is 2.44. The number of benzene rings is 1. The highest BCUT2D eigenvalue weighted by molar-refractivity contribution is 6.10. The fourth-order valence-electron chi connectivity index (χ4n) is 3.22. The van der Waals surface area contributed by atoms with Crippen molar-refractivity contribution in [1.29, 1.82) is 0 Å². The van der Waals surface area contributed by atoms with Crippen LogP contribution in [-0.4, -0.2) is 38.0 Å². The van der Waals surface area contributed by atoms with Gasteiger partial charge in [0.05, 0.1) is 16.9 Å². The molecule has 0 radical (unpaired) electrons. The quantitative estimate of drug-likeness (QED) is 0.354. The summed E-state index contributed by atoms with van der Waals surface area (Å²) in [6.45, 7) is 0. The van der Waals surface area contributed by atoms with Gasteiger partial charge in [0.25, 0.3) is 11.8 Å². The Kier molecular flexibility index (Phi) is 4.21. The number of aromatic amines is 1. The topological polar surface area (TPSA) is 137 Å². The number of amides is 2. The molecule has 148 valence electrons. The van der Waals surface area contributed by atoms with E-state index < -0.39 is 6.29 Å². The summed E-state index contributed by atoms with van der Waals surface area (Å²) < 4.78 is 0. The molecular weight excluding hydrogens is 384 g/mol. The van der Waals surface area contributed by atoms with Crippen LogP contribution in [0.1, 0.15) is 20.8 Å². The summed E-state index contributed by atoms with van der Waals surface area (Å²) in [5, 5.41) is 12.6. The van der Waals surface area contributed by atoms with E-state index in [1.807, 2.05) is 18.2 Å². The highest BCUT2D eigenvalue weighted by Gasteiger charge is 2.26. The van der Waals surface area contributed by atoms with Crippen molar-refractivity contribution in [1.82, 2.24) is 25.3 Å². The third-order valence-electron chi connectivity index (χ3n) is 4.60. The fourth-order valence-corrected chi connectivity index (χ4v) is 3.22. The number of nitrogens with one attached hydrogen (secondary N) is 5. The zero-order valence-electron chi connectivity index (χ0n) is 15.5. The Morgan fingerprint density at radius 3 is 2.73 bits per heavy atom. The minimum atomic E-state index is -0.605. The van der Waals surface area contributed by atoms with E-state index >= 15 is 0 Å². The van der Waals surface area contributed by atoms with Crippen molar-refractivity contribution in [3.63, 3.8) is 0 Å². The second kappa shape index (κ2) is 7.17. The Hall–Kier alpha value is -4.47. The standard InChI is InChI=1S/C20H16N8O2/c29-17(27-19-22-9-10-23-19)12-4-1-5-13-15(12)26-20(25-13)28-18(30)14-7-6-11-3-2-8-21-16(11)24-14/h1-10,20,25-26H,(H,28,30)(H2,22,23,27,29). The molecule has 10 heteroatoms. The van der Waals surface area contributed by atoms with E-state index in [0.29, 0.717) is 28.5 Å². The number of hydrogen-bond acceptors (Lipinski definition) is 7. The molecule has 0 bridgehead atoms. The van der Waals surface area contributed by atoms with Gasteiger partial charge in [-0.1, -0.05) is 6.07 Å². The summed E-state index contributed by atoms with van der Waals surface area (Å²) in [6.07, 6.45) is 4.19. The number of imidazole rings is 1. The van der Waals surface area contributed by atoms with E-state index in [9.17, 15) is 9.59 Å². The van der Waals surface area contributed by atoms with Crippen molar-refractivity contribution in [3.05, 3.63) is 72.3 Å². The highest BCUT2D eigenvalue weighted by atomic mass is 16.2. The highest BCUT2D eigenvalue weighted by Crippen LogP contribution is 2.32. The number of hydrogen-bond donors (Lipinski definition) is 5. The number of anilines is 3. The van der Waals surface area contributed by atoms with Crippen LogP contribution in [0, 0.1) is 0 Å². The van der Waals surface area contributed by atoms with Crippen LogP contribution >= 0.6 is 0 Å². The number of carbonyl (C=O) groups excluding carboxylic acids is 2. The predicted octanol–water partition coefficient (Wildman–Crippen LogP) is 2.16. The molecule has 0 fully saturated rings. The minimum Gasteiger partial charge on any atom is -0.347 e. The van der Waals surface area contributed by atoms with Crippen molar-refractivity contribution >= 4 is 40.2 Å². The lowest BCUT2D eigenvalue weighted by Gasteiger charge is -2.14. The smallest absolute Gasteiger partial charge is 0.272 e. The molecule has 4 aromatic rings. The van der Waals surface area contributed by atoms with Gasteiger partial charge in [0.2, 0.25) is 5.95 Å². The second-order valence-electron chi connectivity index (χ2n) is 6.56. The lowest BCUT2D eigenvalue weighted by Crippen LogP contribution is -2.43. The average Bonchev–Trinajstić information content (AvgIpc) is 3.42. The van der Waals surface area contributed by atoms with Gasteiger partial charge in [-0.2, -0.15) is 0 Å². The van der Waals surface area contributed by atoms with E-state index in [-0.39, 0.29) is 17.5 Å². The summed E-state index contributed by atoms with van der Waals surface area (Å²) in [5.74, 6) is -0.350. The van der Waals surface area contributed by atoms with E-state index in [4.69, 9.17) is 0 Å². The van der Waals surface area contributed by atoms with Crippen LogP contribution in [0.5, 0.6) is 0 Å². The first-order chi connectivity index (χ1) is 14.7. The monoisotopic (exact) mass is 400 g/mol. The fraction of sp³-hybridized carbons (Fsp3) is 0.0500. The number of rotatable bonds is 4. The van der Waals surface area contributed by atoms with Gasteiger partial charge in [0.1, 0.15) is 5.69 Å². The van der Waals surface area contributed by atoms with Gasteiger partial charge in [-0.05, 0) is 36.4 Å². The Balaban J connectivity index is 1.32. The minimum absolute atomic E-state index is 0.247. The van der Waals surface area contributed by atoms with Crippen LogP contribution in [0.4, 0.5) is 17.3 Å². The number of nitrogens with zero attached hydrogens (tertiary/aromatic N) is 3. The van der Waals surface area contributed by atoms with Crippen LogP contribution in [-0.2, 0) is 0 Å². The third kappa shape index (κ3) is 3.26. The number of aromatic nitrogens is 4. The van der Waals surface area contributed by atoms with Gasteiger partial charge in [-0.15, -0.1) is 0 Å². The molecule has 0 aliphatic carbocycles. The van der Waals surface area contributed by atoms with E-state index in [0.717, 1.165) is 5.39 Å². The second-order valence-corrected chi connectivity index (χ2v) is 6.56. The van der Waals surface area contributed by atoms with Gasteiger partial charge in [-0.25, -0.2) is 15.0 Å². The number of pyridine rings is 2. The van der Waals surface area contributed by atoms with Crippen molar-refractivity contribution in [2.75, 3.05) is 16.0 Å². The Labute approximate surface area is 170 Å². The molecule has 0 saturated carbocycles. The van der Waals surface area contributed by atoms with Gasteiger partial charge >= 0.3 is 0 Å². The largest absolute Gasteiger partial charge is 0.347 e. The number of carbonyl (C=O) groups is 2. The van der Waals surface area contributed by atoms with E-state index in [1.165, 1.54) is 0 Å². The summed E-state index contributed by atoms with van der Waals surface area (Å²) in [4.78, 5) is 40.5. The molecular formula is C20H16N8O2. The van der Waals surface area contributed by atoms with Gasteiger partial charge in [0, 0.05) is 24.0 Å². The van der Waals surface area contributed by atoms with Gasteiger partial charge in [0.15, 0.2) is 11.9 Å². The van der Waals surface area contributed by atoms with Crippen molar-refractivity contribution < 1.29 is 9.59 Å². The Bertz CT molecular complexity index is 1250. The number of fused-ring (bicyclic) bond motifs is 2. The van der Waals surface area contributed by atoms with Crippen LogP contribution in [0.25, 0.3) is 11.0 Å². The molecule has 1 aliphatic rings. The van der Waals surface area contributed by atoms with Gasteiger partial charge < -0.3 is 20.9 Å². The number of H-pyrrole nitrogens is 1. The Morgan fingerprint density at radius 2 is 1.87 bits per heavy atom. The van der Waals surface area contributed by atoms with E-state index in [1.54, 1.807) is 42.9 Å². The normalized spacial score (nSPS) is 14.5. The first-order valence-corrected chi connectivity index (χ1v) is 9.17. The van der Waals surface area contributed by atoms with Crippen molar-refractivity contribution in [2.45, 2.75) is 6.29 Å². The Morgan fingerprint density at radius 1 is 0.933 bits per heavy atom. The van der Waals surface area contributed by atoms with Crippen LogP contribution in [0.15, 0.2) is 61.1 Å². The lowest BCUT2D eigenvalue weighted by molar-refractivity contribution is 0.0941. The molecule has 1 unspecified atom stereocenters. The molecule has 2 amide bonds. The summed E-state index contributed by atoms with van der Waals surface area (Å²) >= 11 is 0. The first kappa shape index (κ1) is 17.6. The molecule has 0 spiro atoms. The SMILES string of the molecule is O=C(NC1Nc2cccc(C(=O)Nc3ncc[nH]3)c2N1)c1ccc2cccnc2n1. The number of para-hydroxylation sites is 1. The summed E-state index contributed by atoms with van der Waals surface area (Å²) in [6, 6.07) is 12.4. The molecule has 1 aromatic carbocycles. The van der Waals surface area contributed by atoms with Gasteiger partial charge in [-0.3, -0.25) is 14.9 Å². The van der Waals surface area contributed by atoms with Crippen molar-refractivity contribution in [3.8, 4) is 0 Å². The average molecular weight is 400 g/mol. The zero-order valence-corrected chi connectivity index (χ0v) is 15.5. The third-order valence-corrected chi connectivity index (χ3v) is 4.60. The molecule has 5 N–H and O–H groups in total. The first-order valence-electron chi connectivity index (χ1n) is 9.17. The van der Waals surface area contributed by atoms with Crippen LogP contribution in [0.2, 0.25) is 0 Å². The maximum atomic E-state index is 12.7. The molecule has 10 nitrogen and oxygen atoms in total. The molecule has 1 atom stereocenters. The molecule has 3 aromatic heterocycles. The predicted molar refractivity (Wildman–Crippen MR) is 111 cm³/mol. The molecule has 1 aliphatic heterocycles. The summed E-state index contributed by atoms with van der Waals surface area (Å²) in [7, 11) is 0. The van der Waals surface area contributed by atoms with Crippen LogP contribution < -0.4 is 21.3 Å². The molecule has 5 rings (SSSR count). The zero-order chi connectivity index (χ0) is 20.5. The molecule has 4 heterocycles. The lowest BCUT2D eigenvalue weighted by atomic mass is 10.1. The molecule has 0 saturated heterocycles. The molecule has 30 heavy (non-hydrogen) atoms.